The van der Waals surface area contributed by atoms with E-state index in [9.17, 15) is 4.79 Å². The van der Waals surface area contributed by atoms with Crippen LogP contribution in [0.1, 0.15) is 30.0 Å². The lowest BCUT2D eigenvalue weighted by atomic mass is 9.91. The van der Waals surface area contributed by atoms with Crippen molar-refractivity contribution in [2.75, 3.05) is 57.1 Å². The second kappa shape index (κ2) is 10.5. The summed E-state index contributed by atoms with van der Waals surface area (Å²) in [6, 6.07) is 9.16. The number of nitrogens with zero attached hydrogens (tertiary/aromatic N) is 7. The molecular formula is C27H34IN7O. The first-order valence-corrected chi connectivity index (χ1v) is 13.7. The lowest BCUT2D eigenvalue weighted by Crippen LogP contribution is -2.45. The third-order valence-corrected chi connectivity index (χ3v) is 7.86. The van der Waals surface area contributed by atoms with Gasteiger partial charge in [0.05, 0.1) is 12.5 Å². The first kappa shape index (κ1) is 25.1. The van der Waals surface area contributed by atoms with Crippen molar-refractivity contribution in [1.29, 1.82) is 0 Å². The van der Waals surface area contributed by atoms with Crippen LogP contribution in [0.3, 0.4) is 0 Å². The molecule has 1 saturated heterocycles. The van der Waals surface area contributed by atoms with Crippen molar-refractivity contribution >= 4 is 51.9 Å². The predicted octanol–water partition coefficient (Wildman–Crippen LogP) is 3.10. The van der Waals surface area contributed by atoms with E-state index in [1.807, 2.05) is 6.21 Å². The number of allylic oxidation sites excluding steroid dienone is 1. The van der Waals surface area contributed by atoms with Crippen LogP contribution in [0.15, 0.2) is 35.3 Å². The van der Waals surface area contributed by atoms with Gasteiger partial charge in [-0.3, -0.25) is 9.79 Å². The van der Waals surface area contributed by atoms with Gasteiger partial charge in [0.2, 0.25) is 5.91 Å². The van der Waals surface area contributed by atoms with Crippen molar-refractivity contribution in [2.24, 2.45) is 4.99 Å². The largest absolute Gasteiger partial charge is 0.354 e. The van der Waals surface area contributed by atoms with E-state index in [4.69, 9.17) is 9.97 Å². The van der Waals surface area contributed by atoms with Gasteiger partial charge >= 0.3 is 0 Å². The Balaban J connectivity index is 1.36. The van der Waals surface area contributed by atoms with Crippen LogP contribution in [-0.4, -0.2) is 91.3 Å². The highest BCUT2D eigenvalue weighted by atomic mass is 127. The zero-order valence-electron chi connectivity index (χ0n) is 21.5. The number of hydrogen-bond donors (Lipinski definition) is 0. The molecule has 36 heavy (non-hydrogen) atoms. The Kier molecular flexibility index (Phi) is 7.30. The second-order valence-corrected chi connectivity index (χ2v) is 11.2. The highest BCUT2D eigenvalue weighted by Gasteiger charge is 2.27. The number of aromatic nitrogens is 2. The predicted molar refractivity (Wildman–Crippen MR) is 154 cm³/mol. The third-order valence-electron chi connectivity index (χ3n) is 7.38. The lowest BCUT2D eigenvalue weighted by molar-refractivity contribution is -0.128. The van der Waals surface area contributed by atoms with E-state index < -0.39 is 0 Å². The minimum Gasteiger partial charge on any atom is -0.354 e. The molecule has 0 N–H and O–H groups in total. The number of aliphatic imine (C=N–C) groups is 1. The minimum atomic E-state index is -0.0847. The molecular weight excluding hydrogens is 565 g/mol. The molecule has 2 aromatic rings. The molecule has 1 amide bonds. The van der Waals surface area contributed by atoms with E-state index in [-0.39, 0.29) is 11.9 Å². The summed E-state index contributed by atoms with van der Waals surface area (Å²) in [5.74, 6) is 2.12. The number of benzene rings is 1. The van der Waals surface area contributed by atoms with Gasteiger partial charge in [-0.2, -0.15) is 0 Å². The van der Waals surface area contributed by atoms with E-state index in [2.05, 4.69) is 86.6 Å². The summed E-state index contributed by atoms with van der Waals surface area (Å²) in [7, 11) is 5.74. The highest BCUT2D eigenvalue weighted by Crippen LogP contribution is 2.32. The minimum absolute atomic E-state index is 0.0847. The Morgan fingerprint density at radius 1 is 1.08 bits per heavy atom. The first-order chi connectivity index (χ1) is 17.3. The van der Waals surface area contributed by atoms with Gasteiger partial charge in [-0.15, -0.1) is 0 Å². The van der Waals surface area contributed by atoms with Crippen LogP contribution in [0.5, 0.6) is 0 Å². The zero-order valence-corrected chi connectivity index (χ0v) is 23.6. The van der Waals surface area contributed by atoms with Crippen LogP contribution in [-0.2, 0) is 17.8 Å². The number of hydrogen-bond acceptors (Lipinski definition) is 7. The van der Waals surface area contributed by atoms with Gasteiger partial charge in [0.1, 0.15) is 11.6 Å². The number of carbonyl (C=O) groups excluding carboxylic acids is 1. The molecule has 1 fully saturated rings. The highest BCUT2D eigenvalue weighted by molar-refractivity contribution is 14.1. The summed E-state index contributed by atoms with van der Waals surface area (Å²) in [5.41, 5.74) is 4.96. The topological polar surface area (TPSA) is 68.2 Å². The van der Waals surface area contributed by atoms with Crippen LogP contribution in [0.25, 0.3) is 5.57 Å². The number of carbonyl (C=O) groups is 1. The molecule has 1 aromatic heterocycles. The molecule has 3 aliphatic rings. The molecule has 2 atom stereocenters. The van der Waals surface area contributed by atoms with Gasteiger partial charge in [0, 0.05) is 87.7 Å². The first-order valence-electron chi connectivity index (χ1n) is 12.6. The quantitative estimate of drug-likeness (QED) is 0.389. The fourth-order valence-electron chi connectivity index (χ4n) is 5.08. The van der Waals surface area contributed by atoms with Gasteiger partial charge in [0.25, 0.3) is 0 Å². The van der Waals surface area contributed by atoms with E-state index in [0.29, 0.717) is 12.5 Å². The smallest absolute Gasteiger partial charge is 0.224 e. The number of rotatable bonds is 5. The van der Waals surface area contributed by atoms with Crippen molar-refractivity contribution in [3.05, 3.63) is 50.9 Å². The number of likely N-dealkylation sites (N-methyl/N-ethyl adjacent to an activating group) is 1. The molecule has 0 radical (unpaired) electrons. The third kappa shape index (κ3) is 5.41. The molecule has 2 unspecified atom stereocenters. The Hall–Kier alpha value is -2.53. The van der Waals surface area contributed by atoms with Crippen molar-refractivity contribution in [3.63, 3.8) is 0 Å². The number of anilines is 2. The molecule has 190 valence electrons. The summed E-state index contributed by atoms with van der Waals surface area (Å²) < 4.78 is 0.788. The van der Waals surface area contributed by atoms with Crippen LogP contribution in [0, 0.1) is 3.83 Å². The van der Waals surface area contributed by atoms with Crippen LogP contribution < -0.4 is 9.80 Å². The maximum atomic E-state index is 12.1. The number of piperazine rings is 1. The monoisotopic (exact) mass is 599 g/mol. The van der Waals surface area contributed by atoms with Gasteiger partial charge in [-0.1, -0.05) is 18.2 Å². The van der Waals surface area contributed by atoms with E-state index in [1.165, 1.54) is 11.1 Å². The molecule has 1 aromatic carbocycles. The molecule has 9 heteroatoms. The van der Waals surface area contributed by atoms with Gasteiger partial charge in [-0.05, 0) is 48.7 Å². The van der Waals surface area contributed by atoms with Gasteiger partial charge in [-0.25, -0.2) is 9.97 Å². The van der Waals surface area contributed by atoms with E-state index >= 15 is 0 Å². The molecule has 8 nitrogen and oxygen atoms in total. The van der Waals surface area contributed by atoms with Crippen LogP contribution >= 0.6 is 22.6 Å². The van der Waals surface area contributed by atoms with E-state index in [0.717, 1.165) is 65.7 Å². The fourth-order valence-corrected chi connectivity index (χ4v) is 5.57. The summed E-state index contributed by atoms with van der Waals surface area (Å²) in [6.07, 6.45) is 5.41. The summed E-state index contributed by atoms with van der Waals surface area (Å²) in [4.78, 5) is 35.0. The second-order valence-electron chi connectivity index (χ2n) is 10.3. The molecule has 0 aliphatic carbocycles. The maximum Gasteiger partial charge on any atom is 0.224 e. The number of halogens is 1. The average molecular weight is 600 g/mol. The lowest BCUT2D eigenvalue weighted by Gasteiger charge is -2.37. The molecule has 0 saturated carbocycles. The standard InChI is InChI=1S/C27H34IN7O/c1-18-11-19-5-6-20(21-13-23(29-16-21)14-26(36)32(2)3)12-22(19)17-35(18)25-15-24(30-27(28)31-25)34-9-7-33(4)8-10-34/h5-6,12-13,15-16,18,23H,7-11,14,17H2,1-4H3. The van der Waals surface area contributed by atoms with Crippen molar-refractivity contribution in [2.45, 2.75) is 38.4 Å². The molecule has 3 aliphatic heterocycles. The van der Waals surface area contributed by atoms with Crippen molar-refractivity contribution < 1.29 is 4.79 Å². The Morgan fingerprint density at radius 2 is 1.83 bits per heavy atom. The molecule has 0 spiro atoms. The van der Waals surface area contributed by atoms with Crippen molar-refractivity contribution in [3.8, 4) is 0 Å². The number of amides is 1. The molecule has 0 bridgehead atoms. The Labute approximate surface area is 227 Å². The fraction of sp³-hybridized carbons (Fsp3) is 0.481. The SMILES string of the molecule is CC1Cc2ccc(C3=CC(CC(=O)N(C)C)N=C3)cc2CN1c1cc(N2CCN(C)CC2)nc(I)n1. The average Bonchev–Trinajstić information content (AvgIpc) is 3.31. The van der Waals surface area contributed by atoms with E-state index in [1.54, 1.807) is 19.0 Å². The molecule has 5 rings (SSSR count). The summed E-state index contributed by atoms with van der Waals surface area (Å²) >= 11 is 2.24. The van der Waals surface area contributed by atoms with Crippen molar-refractivity contribution in [1.82, 2.24) is 19.8 Å². The normalized spacial score (nSPS) is 22.0. The van der Waals surface area contributed by atoms with Crippen LogP contribution in [0.2, 0.25) is 0 Å². The summed E-state index contributed by atoms with van der Waals surface area (Å²) in [5, 5.41) is 0. The maximum absolute atomic E-state index is 12.1. The number of fused-ring (bicyclic) bond motifs is 1. The zero-order chi connectivity index (χ0) is 25.4. The summed E-state index contributed by atoms with van der Waals surface area (Å²) in [6.45, 7) is 7.17. The Bertz CT molecular complexity index is 1200. The molecule has 4 heterocycles. The van der Waals surface area contributed by atoms with Crippen LogP contribution in [0.4, 0.5) is 11.6 Å². The van der Waals surface area contributed by atoms with Gasteiger partial charge in [0.15, 0.2) is 3.83 Å². The Morgan fingerprint density at radius 3 is 2.58 bits per heavy atom. The van der Waals surface area contributed by atoms with Gasteiger partial charge < -0.3 is 19.6 Å².